The third-order valence-corrected chi connectivity index (χ3v) is 23.1. The topological polar surface area (TPSA) is 36.9 Å². The predicted molar refractivity (Wildman–Crippen MR) is 195 cm³/mol. The van der Waals surface area contributed by atoms with Crippen LogP contribution in [0.4, 0.5) is 0 Å². The fourth-order valence-electron chi connectivity index (χ4n) is 4.31. The molecule has 0 aromatic carbocycles. The molecule has 0 rings (SSSR count). The van der Waals surface area contributed by atoms with Crippen LogP contribution in [0.3, 0.4) is 0 Å². The lowest BCUT2D eigenvalue weighted by atomic mass is 10.2. The van der Waals surface area contributed by atoms with Crippen molar-refractivity contribution in [2.24, 2.45) is 0 Å². The molecule has 0 atom stereocenters. The van der Waals surface area contributed by atoms with Gasteiger partial charge in [-0.15, -0.1) is 0 Å². The van der Waals surface area contributed by atoms with E-state index in [4.69, 9.17) is 16.5 Å². The molecular formula is C32H68O4Si5. The van der Waals surface area contributed by atoms with Gasteiger partial charge >= 0.3 is 9.05 Å². The lowest BCUT2D eigenvalue weighted by molar-refractivity contribution is 0.152. The van der Waals surface area contributed by atoms with Crippen molar-refractivity contribution in [3.05, 3.63) is 47.1 Å². The van der Waals surface area contributed by atoms with E-state index in [1.54, 1.807) is 0 Å². The molecule has 0 fully saturated rings. The van der Waals surface area contributed by atoms with Crippen molar-refractivity contribution in [1.82, 2.24) is 0 Å². The van der Waals surface area contributed by atoms with E-state index in [-0.39, 0.29) is 0 Å². The quantitative estimate of drug-likeness (QED) is 0.0765. The standard InChI is InChI=1S/C32H68O4Si5/c1-13-17-21-25-29-37(5,6)33-41(34-38(7,8)30-26-22-18-14-2,35-39(9,10)31-27-23-19-15-3)36-40(11,12)32-28-24-20-16-4/h25-32H,13-24H2,1-12H3. The molecule has 0 amide bonds. The number of unbranched alkanes of at least 4 members (excludes halogenated alkanes) is 8. The lowest BCUT2D eigenvalue weighted by Gasteiger charge is -2.44. The molecule has 0 aliphatic heterocycles. The summed E-state index contributed by atoms with van der Waals surface area (Å²) in [4.78, 5) is 0. The average Bonchev–Trinajstić information content (AvgIpc) is 2.83. The maximum absolute atomic E-state index is 7.22. The average molecular weight is 657 g/mol. The van der Waals surface area contributed by atoms with Crippen molar-refractivity contribution < 1.29 is 16.5 Å². The molecule has 0 unspecified atom stereocenters. The van der Waals surface area contributed by atoms with Crippen LogP contribution in [0.1, 0.15) is 105 Å². The first-order valence-electron chi connectivity index (χ1n) is 16.6. The third-order valence-electron chi connectivity index (χ3n) is 6.53. The number of hydrogen-bond donors (Lipinski definition) is 0. The summed E-state index contributed by atoms with van der Waals surface area (Å²) in [6.45, 7) is 27.0. The van der Waals surface area contributed by atoms with Gasteiger partial charge in [0.25, 0.3) is 0 Å². The molecule has 0 aromatic heterocycles. The molecule has 0 bridgehead atoms. The molecule has 0 saturated heterocycles. The lowest BCUT2D eigenvalue weighted by Crippen LogP contribution is -2.66. The van der Waals surface area contributed by atoms with E-state index < -0.39 is 42.3 Å². The van der Waals surface area contributed by atoms with Gasteiger partial charge in [0, 0.05) is 0 Å². The van der Waals surface area contributed by atoms with Gasteiger partial charge in [-0.3, -0.25) is 0 Å². The van der Waals surface area contributed by atoms with Crippen molar-refractivity contribution in [2.75, 3.05) is 0 Å². The van der Waals surface area contributed by atoms with E-state index in [0.29, 0.717) is 0 Å². The Balaban J connectivity index is 6.72. The Morgan fingerprint density at radius 1 is 0.366 bits per heavy atom. The van der Waals surface area contributed by atoms with Gasteiger partial charge in [-0.2, -0.15) is 0 Å². The highest BCUT2D eigenvalue weighted by Crippen LogP contribution is 2.31. The van der Waals surface area contributed by atoms with Gasteiger partial charge in [0.2, 0.25) is 33.3 Å². The van der Waals surface area contributed by atoms with E-state index in [9.17, 15) is 0 Å². The molecule has 0 saturated carbocycles. The van der Waals surface area contributed by atoms with Crippen molar-refractivity contribution in [3.63, 3.8) is 0 Å². The molecule has 240 valence electrons. The van der Waals surface area contributed by atoms with Crippen molar-refractivity contribution in [1.29, 1.82) is 0 Å². The van der Waals surface area contributed by atoms with E-state index in [1.165, 1.54) is 51.4 Å². The van der Waals surface area contributed by atoms with Crippen LogP contribution in [-0.4, -0.2) is 42.3 Å². The molecule has 0 aliphatic carbocycles. The summed E-state index contributed by atoms with van der Waals surface area (Å²) in [7, 11) is -12.8. The zero-order valence-electron chi connectivity index (χ0n) is 29.2. The van der Waals surface area contributed by atoms with Crippen molar-refractivity contribution in [3.8, 4) is 0 Å². The van der Waals surface area contributed by atoms with Gasteiger partial charge in [-0.1, -0.05) is 126 Å². The molecule has 0 aromatic rings. The highest BCUT2D eigenvalue weighted by molar-refractivity contribution is 6.95. The zero-order valence-corrected chi connectivity index (χ0v) is 34.2. The number of allylic oxidation sites excluding steroid dienone is 4. The number of rotatable bonds is 24. The maximum atomic E-state index is 7.22. The molecule has 0 aliphatic rings. The molecule has 0 radical (unpaired) electrons. The van der Waals surface area contributed by atoms with Gasteiger partial charge in [0.1, 0.15) is 0 Å². The summed E-state index contributed by atoms with van der Waals surface area (Å²) in [5.41, 5.74) is 9.29. The Labute approximate surface area is 262 Å². The third kappa shape index (κ3) is 21.3. The van der Waals surface area contributed by atoms with Gasteiger partial charge in [-0.05, 0) is 78.1 Å². The zero-order chi connectivity index (χ0) is 31.5. The Morgan fingerprint density at radius 2 is 0.561 bits per heavy atom. The summed E-state index contributed by atoms with van der Waals surface area (Å²) in [5, 5.41) is 0. The monoisotopic (exact) mass is 656 g/mol. The summed E-state index contributed by atoms with van der Waals surface area (Å²) in [6, 6.07) is 0. The Bertz CT molecular complexity index is 670. The second kappa shape index (κ2) is 20.8. The minimum atomic E-state index is -3.57. The molecule has 0 N–H and O–H groups in total. The van der Waals surface area contributed by atoms with Gasteiger partial charge in [-0.25, -0.2) is 0 Å². The summed E-state index contributed by atoms with van der Waals surface area (Å²) in [6.07, 6.45) is 23.1. The second-order valence-corrected chi connectivity index (χ2v) is 31.9. The van der Waals surface area contributed by atoms with Gasteiger partial charge < -0.3 is 16.5 Å². The number of hydrogen-bond acceptors (Lipinski definition) is 4. The van der Waals surface area contributed by atoms with Gasteiger partial charge in [0.05, 0.1) is 0 Å². The van der Waals surface area contributed by atoms with E-state index in [1.807, 2.05) is 0 Å². The molecular weight excluding hydrogens is 589 g/mol. The Morgan fingerprint density at radius 3 is 0.732 bits per heavy atom. The fraction of sp³-hybridized carbons (Fsp3) is 0.750. The highest BCUT2D eigenvalue weighted by Gasteiger charge is 2.57. The first-order chi connectivity index (χ1) is 19.1. The maximum Gasteiger partial charge on any atom is 0.637 e. The minimum Gasteiger partial charge on any atom is -0.392 e. The largest absolute Gasteiger partial charge is 0.637 e. The van der Waals surface area contributed by atoms with Gasteiger partial charge in [0.15, 0.2) is 0 Å². The molecule has 0 spiro atoms. The van der Waals surface area contributed by atoms with Crippen LogP contribution >= 0.6 is 0 Å². The van der Waals surface area contributed by atoms with E-state index in [0.717, 1.165) is 25.7 Å². The van der Waals surface area contributed by atoms with Crippen LogP contribution < -0.4 is 0 Å². The molecule has 9 heteroatoms. The fourth-order valence-corrected chi connectivity index (χ4v) is 21.9. The van der Waals surface area contributed by atoms with Crippen molar-refractivity contribution in [2.45, 2.75) is 157 Å². The van der Waals surface area contributed by atoms with Crippen LogP contribution in [0.15, 0.2) is 47.1 Å². The normalized spacial score (nSPS) is 15.7. The summed E-state index contributed by atoms with van der Waals surface area (Å²) < 4.78 is 28.9. The van der Waals surface area contributed by atoms with Crippen LogP contribution in [0.25, 0.3) is 0 Å². The molecule has 4 nitrogen and oxygen atoms in total. The summed E-state index contributed by atoms with van der Waals surface area (Å²) >= 11 is 0. The molecule has 41 heavy (non-hydrogen) atoms. The summed E-state index contributed by atoms with van der Waals surface area (Å²) in [5.74, 6) is 0. The smallest absolute Gasteiger partial charge is 0.392 e. The highest BCUT2D eigenvalue weighted by atomic mass is 28.5. The Hall–Kier alpha value is -0.116. The van der Waals surface area contributed by atoms with Crippen molar-refractivity contribution >= 4 is 42.3 Å². The first kappa shape index (κ1) is 40.9. The second-order valence-electron chi connectivity index (χ2n) is 13.5. The SMILES string of the molecule is CCCCC=C[Si](C)(C)O[Si](O[Si](C)(C)C=CCCCC)(O[Si](C)(C)C=CCCCC)O[Si](C)(C)C=CCCCC. The van der Waals surface area contributed by atoms with E-state index >= 15 is 0 Å². The Kier molecular flexibility index (Phi) is 20.7. The molecule has 0 heterocycles. The van der Waals surface area contributed by atoms with Crippen LogP contribution in [0.2, 0.25) is 52.4 Å². The predicted octanol–water partition coefficient (Wildman–Crippen LogP) is 11.5. The first-order valence-corrected chi connectivity index (χ1v) is 30.2. The minimum absolute atomic E-state index is 1.08. The van der Waals surface area contributed by atoms with Crippen LogP contribution in [-0.2, 0) is 16.5 Å². The van der Waals surface area contributed by atoms with Crippen LogP contribution in [0, 0.1) is 0 Å². The van der Waals surface area contributed by atoms with Crippen LogP contribution in [0.5, 0.6) is 0 Å². The van der Waals surface area contributed by atoms with E-state index in [2.05, 4.69) is 127 Å².